The maximum absolute atomic E-state index is 4.33. The molecule has 3 heterocycles. The van der Waals surface area contributed by atoms with Crippen LogP contribution in [0.15, 0.2) is 35.2 Å². The smallest absolute Gasteiger partial charge is 0.0825 e. The van der Waals surface area contributed by atoms with Crippen molar-refractivity contribution in [2.45, 2.75) is 13.5 Å². The number of nitrogens with one attached hydrogen (secondary N) is 1. The largest absolute Gasteiger partial charge is 0.377 e. The lowest BCUT2D eigenvalue weighted by Gasteiger charge is -2.01. The molecule has 98 valence electrons. The standard InChI is InChI=1S/C14H15N3S2/c1-10-13(8-17(2)16-10)15-7-12-6-11(9-19-12)14-4-3-5-18-14/h3-6,8-9,15H,7H2,1-2H3. The van der Waals surface area contributed by atoms with Crippen LogP contribution in [0.1, 0.15) is 10.6 Å². The van der Waals surface area contributed by atoms with Crippen LogP contribution in [0.3, 0.4) is 0 Å². The summed E-state index contributed by atoms with van der Waals surface area (Å²) in [5.41, 5.74) is 3.46. The molecule has 1 N–H and O–H groups in total. The Morgan fingerprint density at radius 1 is 1.37 bits per heavy atom. The summed E-state index contributed by atoms with van der Waals surface area (Å²) < 4.78 is 1.84. The van der Waals surface area contributed by atoms with E-state index in [9.17, 15) is 0 Å². The van der Waals surface area contributed by atoms with Crippen LogP contribution in [-0.4, -0.2) is 9.78 Å². The van der Waals surface area contributed by atoms with Gasteiger partial charge in [0, 0.05) is 35.1 Å². The van der Waals surface area contributed by atoms with Crippen molar-refractivity contribution in [3.05, 3.63) is 45.7 Å². The molecule has 0 aliphatic heterocycles. The lowest BCUT2D eigenvalue weighted by molar-refractivity contribution is 0.756. The second-order valence-electron chi connectivity index (χ2n) is 4.43. The molecule has 19 heavy (non-hydrogen) atoms. The Morgan fingerprint density at radius 2 is 2.26 bits per heavy atom. The predicted octanol–water partition coefficient (Wildman–Crippen LogP) is 4.13. The molecule has 0 atom stereocenters. The molecule has 3 aromatic heterocycles. The first-order valence-electron chi connectivity index (χ1n) is 6.08. The summed E-state index contributed by atoms with van der Waals surface area (Å²) in [6.07, 6.45) is 2.02. The Kier molecular flexibility index (Phi) is 3.40. The van der Waals surface area contributed by atoms with Crippen molar-refractivity contribution >= 4 is 28.4 Å². The first-order valence-corrected chi connectivity index (χ1v) is 7.84. The van der Waals surface area contributed by atoms with Gasteiger partial charge in [0.05, 0.1) is 11.4 Å². The molecular formula is C14H15N3S2. The van der Waals surface area contributed by atoms with Crippen LogP contribution >= 0.6 is 22.7 Å². The van der Waals surface area contributed by atoms with Crippen molar-refractivity contribution in [2.75, 3.05) is 5.32 Å². The molecule has 3 nitrogen and oxygen atoms in total. The Hall–Kier alpha value is -1.59. The fraction of sp³-hybridized carbons (Fsp3) is 0.214. The summed E-state index contributed by atoms with van der Waals surface area (Å²) in [6.45, 7) is 2.87. The molecule has 0 bridgehead atoms. The molecule has 0 saturated carbocycles. The number of anilines is 1. The first kappa shape index (κ1) is 12.4. The normalized spacial score (nSPS) is 10.8. The molecule has 0 saturated heterocycles. The second-order valence-corrected chi connectivity index (χ2v) is 6.38. The highest BCUT2D eigenvalue weighted by Gasteiger charge is 2.05. The lowest BCUT2D eigenvalue weighted by atomic mass is 10.2. The number of hydrogen-bond acceptors (Lipinski definition) is 4. The van der Waals surface area contributed by atoms with Crippen LogP contribution < -0.4 is 5.32 Å². The average Bonchev–Trinajstić information content (AvgIpc) is 3.07. The molecule has 5 heteroatoms. The zero-order chi connectivity index (χ0) is 13.2. The van der Waals surface area contributed by atoms with E-state index in [0.29, 0.717) is 0 Å². The molecule has 0 unspecified atom stereocenters. The quantitative estimate of drug-likeness (QED) is 0.782. The zero-order valence-corrected chi connectivity index (χ0v) is 12.5. The van der Waals surface area contributed by atoms with Crippen LogP contribution in [-0.2, 0) is 13.6 Å². The highest BCUT2D eigenvalue weighted by molar-refractivity contribution is 7.14. The predicted molar refractivity (Wildman–Crippen MR) is 82.9 cm³/mol. The van der Waals surface area contributed by atoms with E-state index >= 15 is 0 Å². The SMILES string of the molecule is Cc1nn(C)cc1NCc1cc(-c2cccs2)cs1. The first-order chi connectivity index (χ1) is 9.22. The van der Waals surface area contributed by atoms with E-state index in [2.05, 4.69) is 39.4 Å². The number of hydrogen-bond donors (Lipinski definition) is 1. The van der Waals surface area contributed by atoms with Crippen LogP contribution in [0.4, 0.5) is 5.69 Å². The molecule has 0 fully saturated rings. The molecular weight excluding hydrogens is 274 g/mol. The number of aryl methyl sites for hydroxylation is 2. The summed E-state index contributed by atoms with van der Waals surface area (Å²) in [7, 11) is 1.94. The fourth-order valence-corrected chi connectivity index (χ4v) is 3.61. The zero-order valence-electron chi connectivity index (χ0n) is 10.9. The minimum Gasteiger partial charge on any atom is -0.377 e. The third kappa shape index (κ3) is 2.72. The molecule has 3 rings (SSSR count). The highest BCUT2D eigenvalue weighted by Crippen LogP contribution is 2.29. The van der Waals surface area contributed by atoms with Crippen LogP contribution in [0.5, 0.6) is 0 Å². The molecule has 0 amide bonds. The van der Waals surface area contributed by atoms with Gasteiger partial charge in [0.15, 0.2) is 0 Å². The van der Waals surface area contributed by atoms with Gasteiger partial charge in [0.25, 0.3) is 0 Å². The van der Waals surface area contributed by atoms with Gasteiger partial charge in [-0.3, -0.25) is 4.68 Å². The molecule has 0 radical (unpaired) electrons. The van der Waals surface area contributed by atoms with E-state index in [1.165, 1.54) is 15.3 Å². The second kappa shape index (κ2) is 5.19. The topological polar surface area (TPSA) is 29.9 Å². The molecule has 3 aromatic rings. The van der Waals surface area contributed by atoms with Gasteiger partial charge in [-0.2, -0.15) is 5.10 Å². The van der Waals surface area contributed by atoms with Crippen LogP contribution in [0.25, 0.3) is 10.4 Å². The van der Waals surface area contributed by atoms with Gasteiger partial charge in [0.2, 0.25) is 0 Å². The van der Waals surface area contributed by atoms with E-state index in [1.54, 1.807) is 22.7 Å². The maximum atomic E-state index is 4.33. The van der Waals surface area contributed by atoms with Crippen molar-refractivity contribution in [3.8, 4) is 10.4 Å². The van der Waals surface area contributed by atoms with Gasteiger partial charge in [-0.05, 0) is 29.8 Å². The molecule has 0 aliphatic carbocycles. The Bertz CT molecular complexity index is 665. The number of rotatable bonds is 4. The van der Waals surface area contributed by atoms with E-state index in [4.69, 9.17) is 0 Å². The van der Waals surface area contributed by atoms with Crippen LogP contribution in [0.2, 0.25) is 0 Å². The number of aromatic nitrogens is 2. The van der Waals surface area contributed by atoms with E-state index in [-0.39, 0.29) is 0 Å². The van der Waals surface area contributed by atoms with Crippen molar-refractivity contribution < 1.29 is 0 Å². The Labute approximate surface area is 120 Å². The van der Waals surface area contributed by atoms with Gasteiger partial charge in [-0.25, -0.2) is 0 Å². The Morgan fingerprint density at radius 3 is 2.95 bits per heavy atom. The van der Waals surface area contributed by atoms with Crippen LogP contribution in [0, 0.1) is 6.92 Å². The van der Waals surface area contributed by atoms with Crippen molar-refractivity contribution in [1.82, 2.24) is 9.78 Å². The third-order valence-corrected chi connectivity index (χ3v) is 4.78. The van der Waals surface area contributed by atoms with Gasteiger partial charge in [-0.15, -0.1) is 22.7 Å². The Balaban J connectivity index is 1.69. The monoisotopic (exact) mass is 289 g/mol. The van der Waals surface area contributed by atoms with E-state index < -0.39 is 0 Å². The lowest BCUT2D eigenvalue weighted by Crippen LogP contribution is -1.97. The summed E-state index contributed by atoms with van der Waals surface area (Å²) in [4.78, 5) is 2.67. The fourth-order valence-electron chi connectivity index (χ4n) is 2.00. The third-order valence-electron chi connectivity index (χ3n) is 2.93. The number of nitrogens with zero attached hydrogens (tertiary/aromatic N) is 2. The van der Waals surface area contributed by atoms with Gasteiger partial charge in [0.1, 0.15) is 0 Å². The number of thiophene rings is 2. The van der Waals surface area contributed by atoms with Crippen molar-refractivity contribution in [2.24, 2.45) is 7.05 Å². The van der Waals surface area contributed by atoms with Gasteiger partial charge in [-0.1, -0.05) is 6.07 Å². The summed E-state index contributed by atoms with van der Waals surface area (Å²) in [6, 6.07) is 6.51. The molecule has 0 spiro atoms. The van der Waals surface area contributed by atoms with Crippen molar-refractivity contribution in [3.63, 3.8) is 0 Å². The minimum absolute atomic E-state index is 0.850. The average molecular weight is 289 g/mol. The van der Waals surface area contributed by atoms with E-state index in [0.717, 1.165) is 17.9 Å². The summed E-state index contributed by atoms with van der Waals surface area (Å²) in [5, 5.41) is 12.1. The van der Waals surface area contributed by atoms with Gasteiger partial charge < -0.3 is 5.32 Å². The van der Waals surface area contributed by atoms with E-state index in [1.807, 2.05) is 24.9 Å². The minimum atomic E-state index is 0.850. The highest BCUT2D eigenvalue weighted by atomic mass is 32.1. The molecule has 0 aliphatic rings. The maximum Gasteiger partial charge on any atom is 0.0825 e. The summed E-state index contributed by atoms with van der Waals surface area (Å²) >= 11 is 3.58. The van der Waals surface area contributed by atoms with Gasteiger partial charge >= 0.3 is 0 Å². The molecule has 0 aromatic carbocycles. The summed E-state index contributed by atoms with van der Waals surface area (Å²) in [5.74, 6) is 0. The van der Waals surface area contributed by atoms with Crippen molar-refractivity contribution in [1.29, 1.82) is 0 Å².